The van der Waals surface area contributed by atoms with Gasteiger partial charge in [-0.25, -0.2) is 0 Å². The van der Waals surface area contributed by atoms with Crippen LogP contribution in [0.1, 0.15) is 25.0 Å². The molecule has 1 heterocycles. The molecule has 1 aromatic heterocycles. The lowest BCUT2D eigenvalue weighted by atomic mass is 10.1. The maximum atomic E-state index is 8.92. The normalized spacial score (nSPS) is 11.7. The highest BCUT2D eigenvalue weighted by Crippen LogP contribution is 2.21. The van der Waals surface area contributed by atoms with E-state index in [1.807, 2.05) is 18.2 Å². The van der Waals surface area contributed by atoms with Crippen LogP contribution in [-0.2, 0) is 6.54 Å². The molecule has 21 heavy (non-hydrogen) atoms. The molecule has 0 aliphatic carbocycles. The lowest BCUT2D eigenvalue weighted by molar-refractivity contribution is 0.318. The summed E-state index contributed by atoms with van der Waals surface area (Å²) in [6, 6.07) is 11.9. The van der Waals surface area contributed by atoms with Crippen molar-refractivity contribution in [3.8, 4) is 0 Å². The molecule has 0 aliphatic heterocycles. The molecule has 6 heteroatoms. The maximum absolute atomic E-state index is 8.92. The van der Waals surface area contributed by atoms with E-state index in [9.17, 15) is 0 Å². The zero-order valence-electron chi connectivity index (χ0n) is 12.1. The van der Waals surface area contributed by atoms with Crippen molar-refractivity contribution in [1.82, 2.24) is 10.2 Å². The van der Waals surface area contributed by atoms with Gasteiger partial charge in [0.05, 0.1) is 11.8 Å². The number of amidine groups is 1. The minimum atomic E-state index is 0.0265. The number of oxime groups is 1. The number of rotatable bonds is 5. The number of nitrogens with two attached hydrogens (primary N) is 1. The standard InChI is InChI=1S/C15H19N5O/c1-11(2)20(10-12-6-4-3-5-7-12)15-13(14(16)19-21)8-9-17-18-15/h3-9,11,21H,10H2,1-2H3,(H2,16,19). The Kier molecular flexibility index (Phi) is 4.71. The molecule has 2 rings (SSSR count). The van der Waals surface area contributed by atoms with E-state index in [4.69, 9.17) is 10.9 Å². The fourth-order valence-corrected chi connectivity index (χ4v) is 2.07. The summed E-state index contributed by atoms with van der Waals surface area (Å²) in [5.41, 5.74) is 7.45. The van der Waals surface area contributed by atoms with Crippen LogP contribution in [0.25, 0.3) is 0 Å². The SMILES string of the molecule is CC(C)N(Cc1ccccc1)c1nnccc1/C(N)=N/O. The Labute approximate surface area is 123 Å². The van der Waals surface area contributed by atoms with E-state index in [1.54, 1.807) is 6.07 Å². The predicted molar refractivity (Wildman–Crippen MR) is 82.3 cm³/mol. The molecule has 0 aliphatic rings. The van der Waals surface area contributed by atoms with Gasteiger partial charge in [-0.15, -0.1) is 5.10 Å². The van der Waals surface area contributed by atoms with Crippen molar-refractivity contribution in [1.29, 1.82) is 0 Å². The minimum absolute atomic E-state index is 0.0265. The zero-order chi connectivity index (χ0) is 15.2. The third-order valence-corrected chi connectivity index (χ3v) is 3.18. The van der Waals surface area contributed by atoms with Gasteiger partial charge in [-0.05, 0) is 25.5 Å². The van der Waals surface area contributed by atoms with Gasteiger partial charge in [0.2, 0.25) is 0 Å². The Morgan fingerprint density at radius 2 is 2.00 bits per heavy atom. The molecule has 0 radical (unpaired) electrons. The molecule has 6 nitrogen and oxygen atoms in total. The summed E-state index contributed by atoms with van der Waals surface area (Å²) in [6.07, 6.45) is 1.53. The first-order chi connectivity index (χ1) is 10.1. The van der Waals surface area contributed by atoms with E-state index in [0.717, 1.165) is 5.56 Å². The van der Waals surface area contributed by atoms with Gasteiger partial charge >= 0.3 is 0 Å². The molecular formula is C15H19N5O. The Hall–Kier alpha value is -2.63. The highest BCUT2D eigenvalue weighted by molar-refractivity contribution is 6.01. The lowest BCUT2D eigenvalue weighted by Gasteiger charge is -2.29. The van der Waals surface area contributed by atoms with Gasteiger partial charge in [0.1, 0.15) is 0 Å². The molecule has 1 aromatic carbocycles. The van der Waals surface area contributed by atoms with Crippen molar-refractivity contribution in [3.63, 3.8) is 0 Å². The molecule has 110 valence electrons. The van der Waals surface area contributed by atoms with Crippen molar-refractivity contribution in [3.05, 3.63) is 53.7 Å². The van der Waals surface area contributed by atoms with E-state index >= 15 is 0 Å². The fourth-order valence-electron chi connectivity index (χ4n) is 2.07. The van der Waals surface area contributed by atoms with Crippen LogP contribution >= 0.6 is 0 Å². The predicted octanol–water partition coefficient (Wildman–Crippen LogP) is 1.99. The van der Waals surface area contributed by atoms with Crippen LogP contribution in [0, 0.1) is 0 Å². The van der Waals surface area contributed by atoms with E-state index in [1.165, 1.54) is 6.20 Å². The topological polar surface area (TPSA) is 87.6 Å². The summed E-state index contributed by atoms with van der Waals surface area (Å²) in [6.45, 7) is 4.80. The van der Waals surface area contributed by atoms with Crippen LogP contribution < -0.4 is 10.6 Å². The van der Waals surface area contributed by atoms with Crippen LogP contribution in [-0.4, -0.2) is 27.3 Å². The molecular weight excluding hydrogens is 266 g/mol. The number of anilines is 1. The van der Waals surface area contributed by atoms with Crippen LogP contribution in [0.5, 0.6) is 0 Å². The first kappa shape index (κ1) is 14.8. The Morgan fingerprint density at radius 1 is 1.29 bits per heavy atom. The Morgan fingerprint density at radius 3 is 2.62 bits per heavy atom. The van der Waals surface area contributed by atoms with Crippen molar-refractivity contribution >= 4 is 11.7 Å². The monoisotopic (exact) mass is 285 g/mol. The van der Waals surface area contributed by atoms with E-state index in [0.29, 0.717) is 17.9 Å². The van der Waals surface area contributed by atoms with Crippen molar-refractivity contribution < 1.29 is 5.21 Å². The van der Waals surface area contributed by atoms with Crippen molar-refractivity contribution in [2.24, 2.45) is 10.9 Å². The lowest BCUT2D eigenvalue weighted by Crippen LogP contribution is -2.33. The molecule has 0 fully saturated rings. The largest absolute Gasteiger partial charge is 0.409 e. The third-order valence-electron chi connectivity index (χ3n) is 3.18. The van der Waals surface area contributed by atoms with Gasteiger partial charge in [0.15, 0.2) is 11.7 Å². The average molecular weight is 285 g/mol. The smallest absolute Gasteiger partial charge is 0.173 e. The van der Waals surface area contributed by atoms with E-state index in [-0.39, 0.29) is 11.9 Å². The van der Waals surface area contributed by atoms with E-state index in [2.05, 4.69) is 46.2 Å². The minimum Gasteiger partial charge on any atom is -0.409 e. The van der Waals surface area contributed by atoms with Crippen LogP contribution in [0.2, 0.25) is 0 Å². The highest BCUT2D eigenvalue weighted by Gasteiger charge is 2.19. The molecule has 0 saturated carbocycles. The number of hydrogen-bond donors (Lipinski definition) is 2. The maximum Gasteiger partial charge on any atom is 0.173 e. The number of nitrogens with zero attached hydrogens (tertiary/aromatic N) is 4. The van der Waals surface area contributed by atoms with Gasteiger partial charge in [-0.1, -0.05) is 35.5 Å². The summed E-state index contributed by atoms with van der Waals surface area (Å²) >= 11 is 0. The summed E-state index contributed by atoms with van der Waals surface area (Å²) in [5, 5.41) is 20.1. The highest BCUT2D eigenvalue weighted by atomic mass is 16.4. The summed E-state index contributed by atoms with van der Waals surface area (Å²) in [5.74, 6) is 0.630. The molecule has 0 bridgehead atoms. The van der Waals surface area contributed by atoms with Gasteiger partial charge in [0, 0.05) is 12.6 Å². The molecule has 0 amide bonds. The second-order valence-electron chi connectivity index (χ2n) is 4.96. The summed E-state index contributed by atoms with van der Waals surface area (Å²) in [4.78, 5) is 2.07. The zero-order valence-corrected chi connectivity index (χ0v) is 12.1. The Bertz CT molecular complexity index is 612. The Balaban J connectivity index is 2.40. The molecule has 3 N–H and O–H groups in total. The molecule has 0 spiro atoms. The molecule has 0 saturated heterocycles. The molecule has 2 aromatic rings. The van der Waals surface area contributed by atoms with Crippen molar-refractivity contribution in [2.45, 2.75) is 26.4 Å². The van der Waals surface area contributed by atoms with Gasteiger partial charge in [0.25, 0.3) is 0 Å². The summed E-state index contributed by atoms with van der Waals surface area (Å²) < 4.78 is 0. The summed E-state index contributed by atoms with van der Waals surface area (Å²) in [7, 11) is 0. The number of hydrogen-bond acceptors (Lipinski definition) is 5. The number of aromatic nitrogens is 2. The van der Waals surface area contributed by atoms with Crippen molar-refractivity contribution in [2.75, 3.05) is 4.90 Å². The van der Waals surface area contributed by atoms with Crippen LogP contribution in [0.15, 0.2) is 47.8 Å². The quantitative estimate of drug-likeness (QED) is 0.379. The second-order valence-corrected chi connectivity index (χ2v) is 4.96. The van der Waals surface area contributed by atoms with Crippen LogP contribution in [0.3, 0.4) is 0 Å². The first-order valence-corrected chi connectivity index (χ1v) is 6.73. The fraction of sp³-hybridized carbons (Fsp3) is 0.267. The second kappa shape index (κ2) is 6.69. The molecule has 0 unspecified atom stereocenters. The van der Waals surface area contributed by atoms with Gasteiger partial charge < -0.3 is 15.8 Å². The average Bonchev–Trinajstić information content (AvgIpc) is 2.52. The molecule has 0 atom stereocenters. The van der Waals surface area contributed by atoms with E-state index < -0.39 is 0 Å². The van der Waals surface area contributed by atoms with Gasteiger partial charge in [-0.2, -0.15) is 5.10 Å². The van der Waals surface area contributed by atoms with Gasteiger partial charge in [-0.3, -0.25) is 0 Å². The first-order valence-electron chi connectivity index (χ1n) is 6.73. The van der Waals surface area contributed by atoms with Crippen LogP contribution in [0.4, 0.5) is 5.82 Å². The third kappa shape index (κ3) is 3.47. The number of benzene rings is 1.